The van der Waals surface area contributed by atoms with Crippen molar-refractivity contribution < 1.29 is 14.3 Å². The Morgan fingerprint density at radius 3 is 2.53 bits per heavy atom. The number of imide groups is 1. The highest BCUT2D eigenvalue weighted by atomic mass is 16.6. The first-order chi connectivity index (χ1) is 8.87. The molecule has 1 saturated heterocycles. The van der Waals surface area contributed by atoms with Crippen LogP contribution in [0.2, 0.25) is 0 Å². The number of nitrogens with zero attached hydrogens (tertiary/aromatic N) is 1. The highest BCUT2D eigenvalue weighted by molar-refractivity contribution is 5.93. The summed E-state index contributed by atoms with van der Waals surface area (Å²) in [4.78, 5) is 24.8. The van der Waals surface area contributed by atoms with E-state index < -0.39 is 17.7 Å². The van der Waals surface area contributed by atoms with Gasteiger partial charge in [-0.15, -0.1) is 0 Å². The quantitative estimate of drug-likeness (QED) is 0.846. The Bertz CT molecular complexity index is 479. The molecule has 1 heterocycles. The van der Waals surface area contributed by atoms with Gasteiger partial charge in [-0.05, 0) is 26.3 Å². The maximum absolute atomic E-state index is 11.9. The molecular weight excluding hydrogens is 244 g/mol. The summed E-state index contributed by atoms with van der Waals surface area (Å²) in [6, 6.07) is 8.96. The normalized spacial score (nSPS) is 19.2. The summed E-state index contributed by atoms with van der Waals surface area (Å²) in [7, 11) is 0. The summed E-state index contributed by atoms with van der Waals surface area (Å²) in [5.41, 5.74) is 0.365. The number of hydrogen-bond donors (Lipinski definition) is 1. The Kier molecular flexibility index (Phi) is 3.46. The Labute approximate surface area is 112 Å². The zero-order valence-corrected chi connectivity index (χ0v) is 11.3. The van der Waals surface area contributed by atoms with Gasteiger partial charge in [-0.1, -0.05) is 30.3 Å². The third-order valence-corrected chi connectivity index (χ3v) is 2.72. The summed E-state index contributed by atoms with van der Waals surface area (Å²) >= 11 is 0. The molecule has 1 N–H and O–H groups in total. The summed E-state index contributed by atoms with van der Waals surface area (Å²) < 4.78 is 5.20. The molecule has 1 aliphatic rings. The summed E-state index contributed by atoms with van der Waals surface area (Å²) in [6.45, 7) is 5.60. The molecule has 1 aromatic rings. The van der Waals surface area contributed by atoms with Gasteiger partial charge in [0, 0.05) is 0 Å². The van der Waals surface area contributed by atoms with Crippen molar-refractivity contribution in [1.82, 2.24) is 10.2 Å². The molecule has 0 unspecified atom stereocenters. The molecule has 0 aliphatic carbocycles. The molecule has 3 amide bonds. The van der Waals surface area contributed by atoms with Crippen molar-refractivity contribution in [3.8, 4) is 0 Å². The van der Waals surface area contributed by atoms with Crippen LogP contribution in [0.15, 0.2) is 30.3 Å². The molecule has 1 aromatic carbocycles. The van der Waals surface area contributed by atoms with Crippen LogP contribution in [0.4, 0.5) is 9.59 Å². The number of ether oxygens (including phenoxy) is 1. The second kappa shape index (κ2) is 4.91. The number of carbonyl (C=O) groups excluding carboxylic acids is 2. The van der Waals surface area contributed by atoms with Crippen LogP contribution in [0, 0.1) is 0 Å². The van der Waals surface area contributed by atoms with E-state index in [1.807, 2.05) is 30.3 Å². The van der Waals surface area contributed by atoms with Crippen LogP contribution in [0.3, 0.4) is 0 Å². The zero-order chi connectivity index (χ0) is 14.0. The SMILES string of the molecule is CC(C)(C)OC(=O)N1C[C@H](c2ccccc2)NC1=O. The van der Waals surface area contributed by atoms with E-state index in [4.69, 9.17) is 4.74 Å². The van der Waals surface area contributed by atoms with Gasteiger partial charge in [0.05, 0.1) is 12.6 Å². The lowest BCUT2D eigenvalue weighted by atomic mass is 10.1. The molecule has 0 radical (unpaired) electrons. The maximum Gasteiger partial charge on any atom is 0.418 e. The van der Waals surface area contributed by atoms with Crippen LogP contribution in [0.25, 0.3) is 0 Å². The van der Waals surface area contributed by atoms with Crippen LogP contribution < -0.4 is 5.32 Å². The molecule has 0 bridgehead atoms. The fourth-order valence-electron chi connectivity index (χ4n) is 1.89. The van der Waals surface area contributed by atoms with E-state index in [0.29, 0.717) is 0 Å². The first-order valence-corrected chi connectivity index (χ1v) is 6.23. The van der Waals surface area contributed by atoms with Gasteiger partial charge in [0.1, 0.15) is 5.60 Å². The molecule has 1 aliphatic heterocycles. The molecule has 102 valence electrons. The monoisotopic (exact) mass is 262 g/mol. The molecule has 19 heavy (non-hydrogen) atoms. The standard InChI is InChI=1S/C14H18N2O3/c1-14(2,3)19-13(18)16-9-11(15-12(16)17)10-7-5-4-6-8-10/h4-8,11H,9H2,1-3H3,(H,15,17)/t11-/m1/s1. The lowest BCUT2D eigenvalue weighted by Gasteiger charge is -2.22. The Hall–Kier alpha value is -2.04. The van der Waals surface area contributed by atoms with E-state index in [9.17, 15) is 9.59 Å². The highest BCUT2D eigenvalue weighted by Crippen LogP contribution is 2.21. The molecule has 1 atom stereocenters. The number of hydrogen-bond acceptors (Lipinski definition) is 3. The topological polar surface area (TPSA) is 58.6 Å². The number of nitrogens with one attached hydrogen (secondary N) is 1. The Morgan fingerprint density at radius 1 is 1.32 bits per heavy atom. The van der Waals surface area contributed by atoms with Crippen molar-refractivity contribution in [2.24, 2.45) is 0 Å². The lowest BCUT2D eigenvalue weighted by Crippen LogP contribution is -2.38. The van der Waals surface area contributed by atoms with Crippen molar-refractivity contribution in [3.63, 3.8) is 0 Å². The van der Waals surface area contributed by atoms with Crippen molar-refractivity contribution >= 4 is 12.1 Å². The van der Waals surface area contributed by atoms with Crippen LogP contribution in [0.1, 0.15) is 32.4 Å². The number of benzene rings is 1. The van der Waals surface area contributed by atoms with Crippen molar-refractivity contribution in [2.45, 2.75) is 32.4 Å². The van der Waals surface area contributed by atoms with Gasteiger partial charge in [-0.3, -0.25) is 0 Å². The first-order valence-electron chi connectivity index (χ1n) is 6.23. The van der Waals surface area contributed by atoms with E-state index >= 15 is 0 Å². The van der Waals surface area contributed by atoms with E-state index in [0.717, 1.165) is 10.5 Å². The predicted molar refractivity (Wildman–Crippen MR) is 70.7 cm³/mol. The Morgan fingerprint density at radius 2 is 1.95 bits per heavy atom. The van der Waals surface area contributed by atoms with E-state index in [1.54, 1.807) is 20.8 Å². The van der Waals surface area contributed by atoms with Crippen LogP contribution in [-0.2, 0) is 4.74 Å². The van der Waals surface area contributed by atoms with Crippen LogP contribution >= 0.6 is 0 Å². The molecule has 0 aromatic heterocycles. The summed E-state index contributed by atoms with van der Waals surface area (Å²) in [6.07, 6.45) is -0.608. The highest BCUT2D eigenvalue weighted by Gasteiger charge is 2.36. The van der Waals surface area contributed by atoms with Gasteiger partial charge in [0.2, 0.25) is 0 Å². The smallest absolute Gasteiger partial charge is 0.418 e. The number of carbonyl (C=O) groups is 2. The van der Waals surface area contributed by atoms with Gasteiger partial charge in [-0.25, -0.2) is 14.5 Å². The molecule has 2 rings (SSSR count). The van der Waals surface area contributed by atoms with Gasteiger partial charge in [0.15, 0.2) is 0 Å². The predicted octanol–water partition coefficient (Wildman–Crippen LogP) is 2.69. The third kappa shape index (κ3) is 3.24. The summed E-state index contributed by atoms with van der Waals surface area (Å²) in [5.74, 6) is 0. The van der Waals surface area contributed by atoms with E-state index in [1.165, 1.54) is 0 Å². The first kappa shape index (κ1) is 13.4. The maximum atomic E-state index is 11.9. The number of urea groups is 1. The average molecular weight is 262 g/mol. The lowest BCUT2D eigenvalue weighted by molar-refractivity contribution is 0.0349. The van der Waals surface area contributed by atoms with Crippen LogP contribution in [0.5, 0.6) is 0 Å². The largest absolute Gasteiger partial charge is 0.443 e. The van der Waals surface area contributed by atoms with Crippen LogP contribution in [-0.4, -0.2) is 29.2 Å². The fourth-order valence-corrected chi connectivity index (χ4v) is 1.89. The van der Waals surface area contributed by atoms with Crippen molar-refractivity contribution in [1.29, 1.82) is 0 Å². The molecule has 5 nitrogen and oxygen atoms in total. The van der Waals surface area contributed by atoms with Gasteiger partial charge < -0.3 is 10.1 Å². The van der Waals surface area contributed by atoms with E-state index in [2.05, 4.69) is 5.32 Å². The van der Waals surface area contributed by atoms with Gasteiger partial charge >= 0.3 is 12.1 Å². The molecule has 1 fully saturated rings. The molecule has 0 spiro atoms. The third-order valence-electron chi connectivity index (χ3n) is 2.72. The average Bonchev–Trinajstić information content (AvgIpc) is 2.70. The molecule has 5 heteroatoms. The second-order valence-electron chi connectivity index (χ2n) is 5.50. The minimum absolute atomic E-state index is 0.179. The minimum Gasteiger partial charge on any atom is -0.443 e. The minimum atomic E-state index is -0.609. The number of amides is 3. The Balaban J connectivity index is 2.06. The zero-order valence-electron chi connectivity index (χ0n) is 11.3. The summed E-state index contributed by atoms with van der Waals surface area (Å²) in [5, 5.41) is 2.77. The van der Waals surface area contributed by atoms with Crippen molar-refractivity contribution in [3.05, 3.63) is 35.9 Å². The van der Waals surface area contributed by atoms with Gasteiger partial charge in [-0.2, -0.15) is 0 Å². The fraction of sp³-hybridized carbons (Fsp3) is 0.429. The van der Waals surface area contributed by atoms with Gasteiger partial charge in [0.25, 0.3) is 0 Å². The number of rotatable bonds is 1. The van der Waals surface area contributed by atoms with E-state index in [-0.39, 0.29) is 12.6 Å². The van der Waals surface area contributed by atoms with Crippen molar-refractivity contribution in [2.75, 3.05) is 6.54 Å². The second-order valence-corrected chi connectivity index (χ2v) is 5.50. The molecular formula is C14H18N2O3. The molecule has 0 saturated carbocycles.